The molecule has 0 unspecified atom stereocenters. The van der Waals surface area contributed by atoms with E-state index in [0.29, 0.717) is 34.8 Å². The van der Waals surface area contributed by atoms with Crippen LogP contribution in [0, 0.1) is 5.41 Å². The number of hydrogen-bond acceptors (Lipinski definition) is 8. The summed E-state index contributed by atoms with van der Waals surface area (Å²) in [4.78, 5) is 24.0. The van der Waals surface area contributed by atoms with Crippen molar-refractivity contribution in [2.24, 2.45) is 0 Å². The molecule has 5 N–H and O–H groups in total. The lowest BCUT2D eigenvalue weighted by Crippen LogP contribution is -2.48. The summed E-state index contributed by atoms with van der Waals surface area (Å²) in [6.07, 6.45) is 5.50. The molecule has 6 rings (SSSR count). The van der Waals surface area contributed by atoms with E-state index in [1.165, 1.54) is 6.42 Å². The SMILES string of the molecule is CN(C)C(=O)C(CCN1CCC(O)(c2ccc(Cl)cc2)CC1)(c1ccccc1)c1ccccc1.N=c1nc(N2CCCCC2)cc(N)n1O. The van der Waals surface area contributed by atoms with Gasteiger partial charge in [0, 0.05) is 51.4 Å². The number of amides is 1. The van der Waals surface area contributed by atoms with E-state index in [-0.39, 0.29) is 17.3 Å². The molecule has 0 aliphatic carbocycles. The van der Waals surface area contributed by atoms with Gasteiger partial charge < -0.3 is 30.7 Å². The van der Waals surface area contributed by atoms with Crippen LogP contribution < -0.4 is 16.3 Å². The standard InChI is InChI=1S/C29H33ClN2O2.C9H15N5O/c1-31(2)27(33)29(24-9-5-3-6-10-24,25-11-7-4-8-12-25)19-22-32-20-17-28(34,18-21-32)23-13-15-26(30)16-14-23;10-7-6-8(12-9(11)14(7)15)13-4-2-1-3-5-13/h3-16,34H,17-22H2,1-2H3;6,11,15H,1-5,10H2. The molecular formula is C38H48ClN7O3. The Labute approximate surface area is 293 Å². The lowest BCUT2D eigenvalue weighted by Gasteiger charge is -2.41. The topological polar surface area (TPSA) is 135 Å². The van der Waals surface area contributed by atoms with E-state index in [1.807, 2.05) is 74.8 Å². The monoisotopic (exact) mass is 685 g/mol. The molecule has 10 nitrogen and oxygen atoms in total. The lowest BCUT2D eigenvalue weighted by molar-refractivity contribution is -0.133. The summed E-state index contributed by atoms with van der Waals surface area (Å²) in [5.74, 6) is 0.914. The fourth-order valence-electron chi connectivity index (χ4n) is 6.95. The lowest BCUT2D eigenvalue weighted by atomic mass is 9.70. The second kappa shape index (κ2) is 15.9. The summed E-state index contributed by atoms with van der Waals surface area (Å²) < 4.78 is 0.577. The van der Waals surface area contributed by atoms with Crippen molar-refractivity contribution in [2.75, 3.05) is 57.5 Å². The highest BCUT2D eigenvalue weighted by Crippen LogP contribution is 2.39. The Hall–Kier alpha value is -4.38. The number of likely N-dealkylation sites (tertiary alicyclic amines) is 1. The fraction of sp³-hybridized carbons (Fsp3) is 0.395. The van der Waals surface area contributed by atoms with Crippen LogP contribution in [0.5, 0.6) is 0 Å². The van der Waals surface area contributed by atoms with E-state index in [4.69, 9.17) is 22.7 Å². The second-order valence-corrected chi connectivity index (χ2v) is 13.6. The molecule has 0 radical (unpaired) electrons. The molecule has 3 heterocycles. The van der Waals surface area contributed by atoms with E-state index < -0.39 is 11.0 Å². The number of halogens is 1. The number of aromatic nitrogens is 2. The maximum absolute atomic E-state index is 13.8. The summed E-state index contributed by atoms with van der Waals surface area (Å²) in [5, 5.41) is 28.6. The van der Waals surface area contributed by atoms with Gasteiger partial charge in [0.2, 0.25) is 5.91 Å². The average Bonchev–Trinajstić information content (AvgIpc) is 3.13. The number of likely N-dealkylation sites (N-methyl/N-ethyl adjacent to an activating group) is 1. The van der Waals surface area contributed by atoms with Gasteiger partial charge in [-0.1, -0.05) is 84.4 Å². The van der Waals surface area contributed by atoms with Gasteiger partial charge in [0.15, 0.2) is 0 Å². The average molecular weight is 686 g/mol. The number of aliphatic hydroxyl groups is 1. The summed E-state index contributed by atoms with van der Waals surface area (Å²) in [6.45, 7) is 4.20. The zero-order valence-corrected chi connectivity index (χ0v) is 29.2. The number of hydrogen-bond donors (Lipinski definition) is 4. The number of nitrogens with zero attached hydrogens (tertiary/aromatic N) is 5. The highest BCUT2D eigenvalue weighted by molar-refractivity contribution is 6.30. The van der Waals surface area contributed by atoms with Crippen molar-refractivity contribution >= 4 is 29.1 Å². The number of anilines is 2. The van der Waals surface area contributed by atoms with Crippen LogP contribution in [0.1, 0.15) is 55.2 Å². The minimum absolute atomic E-state index is 0.0829. The molecule has 1 aromatic heterocycles. The third-order valence-electron chi connectivity index (χ3n) is 9.79. The Bertz CT molecular complexity index is 1680. The molecule has 2 aliphatic rings. The molecule has 3 aromatic carbocycles. The van der Waals surface area contributed by atoms with E-state index in [0.717, 1.165) is 62.3 Å². The molecule has 260 valence electrons. The molecular weight excluding hydrogens is 638 g/mol. The van der Waals surface area contributed by atoms with Crippen molar-refractivity contribution in [3.8, 4) is 0 Å². The normalized spacial score (nSPS) is 16.4. The zero-order chi connectivity index (χ0) is 35.0. The minimum Gasteiger partial charge on any atom is -0.423 e. The van der Waals surface area contributed by atoms with Crippen LogP contribution in [-0.4, -0.2) is 82.6 Å². The van der Waals surface area contributed by atoms with Gasteiger partial charge in [-0.15, -0.1) is 4.73 Å². The highest BCUT2D eigenvalue weighted by Gasteiger charge is 2.43. The molecule has 49 heavy (non-hydrogen) atoms. The zero-order valence-electron chi connectivity index (χ0n) is 28.4. The van der Waals surface area contributed by atoms with Crippen LogP contribution in [0.15, 0.2) is 91.0 Å². The van der Waals surface area contributed by atoms with Gasteiger partial charge >= 0.3 is 0 Å². The molecule has 2 fully saturated rings. The van der Waals surface area contributed by atoms with E-state index in [9.17, 15) is 15.1 Å². The van der Waals surface area contributed by atoms with Gasteiger partial charge in [-0.05, 0) is 73.9 Å². The van der Waals surface area contributed by atoms with Crippen molar-refractivity contribution < 1.29 is 15.1 Å². The quantitative estimate of drug-likeness (QED) is 0.186. The largest absolute Gasteiger partial charge is 0.423 e. The first-order valence-corrected chi connectivity index (χ1v) is 17.3. The van der Waals surface area contributed by atoms with Gasteiger partial charge in [-0.3, -0.25) is 10.2 Å². The molecule has 2 saturated heterocycles. The number of carbonyl (C=O) groups is 1. The van der Waals surface area contributed by atoms with Crippen LogP contribution in [0.4, 0.5) is 11.6 Å². The van der Waals surface area contributed by atoms with Crippen molar-refractivity contribution in [2.45, 2.75) is 49.5 Å². The first-order valence-electron chi connectivity index (χ1n) is 17.0. The van der Waals surface area contributed by atoms with Gasteiger partial charge in [-0.25, -0.2) is 0 Å². The molecule has 0 spiro atoms. The van der Waals surface area contributed by atoms with Gasteiger partial charge in [0.05, 0.1) is 5.60 Å². The number of carbonyl (C=O) groups excluding carboxylic acids is 1. The Morgan fingerprint density at radius 1 is 0.918 bits per heavy atom. The minimum atomic E-state index is -0.837. The second-order valence-electron chi connectivity index (χ2n) is 13.2. The number of nitrogen functional groups attached to an aromatic ring is 1. The third kappa shape index (κ3) is 8.26. The van der Waals surface area contributed by atoms with Crippen LogP contribution in [0.25, 0.3) is 0 Å². The summed E-state index contributed by atoms with van der Waals surface area (Å²) in [5.41, 5.74) is 6.66. The highest BCUT2D eigenvalue weighted by atomic mass is 35.5. The Balaban J connectivity index is 0.000000259. The van der Waals surface area contributed by atoms with Crippen molar-refractivity contribution in [3.05, 3.63) is 118 Å². The van der Waals surface area contributed by atoms with E-state index in [2.05, 4.69) is 39.0 Å². The van der Waals surface area contributed by atoms with E-state index in [1.54, 1.807) is 11.0 Å². The Morgan fingerprint density at radius 2 is 1.47 bits per heavy atom. The summed E-state index contributed by atoms with van der Waals surface area (Å²) in [7, 11) is 3.66. The summed E-state index contributed by atoms with van der Waals surface area (Å²) in [6, 6.07) is 29.3. The molecule has 11 heteroatoms. The first kappa shape index (κ1) is 35.9. The molecule has 2 aliphatic heterocycles. The number of nitrogens with two attached hydrogens (primary N) is 1. The Morgan fingerprint density at radius 3 is 1.98 bits per heavy atom. The van der Waals surface area contributed by atoms with Gasteiger partial charge in [0.1, 0.15) is 17.1 Å². The summed E-state index contributed by atoms with van der Waals surface area (Å²) >= 11 is 6.03. The predicted octanol–water partition coefficient (Wildman–Crippen LogP) is 5.26. The molecule has 0 atom stereocenters. The molecule has 0 saturated carbocycles. The van der Waals surface area contributed by atoms with Crippen molar-refractivity contribution in [3.63, 3.8) is 0 Å². The molecule has 0 bridgehead atoms. The van der Waals surface area contributed by atoms with Gasteiger partial charge in [0.25, 0.3) is 5.62 Å². The maximum Gasteiger partial charge on any atom is 0.259 e. The molecule has 1 amide bonds. The van der Waals surface area contributed by atoms with Crippen molar-refractivity contribution in [1.82, 2.24) is 19.5 Å². The third-order valence-corrected chi connectivity index (χ3v) is 10.0. The maximum atomic E-state index is 13.8. The van der Waals surface area contributed by atoms with Crippen LogP contribution in [0.3, 0.4) is 0 Å². The smallest absolute Gasteiger partial charge is 0.259 e. The fourth-order valence-corrected chi connectivity index (χ4v) is 7.07. The predicted molar refractivity (Wildman–Crippen MR) is 194 cm³/mol. The van der Waals surface area contributed by atoms with Crippen molar-refractivity contribution in [1.29, 1.82) is 5.41 Å². The number of nitrogens with one attached hydrogen (secondary N) is 1. The van der Waals surface area contributed by atoms with Crippen LogP contribution in [0.2, 0.25) is 5.02 Å². The van der Waals surface area contributed by atoms with Crippen LogP contribution in [-0.2, 0) is 15.8 Å². The van der Waals surface area contributed by atoms with Gasteiger partial charge in [-0.2, -0.15) is 4.98 Å². The Kier molecular flexibility index (Phi) is 11.6. The number of benzene rings is 3. The molecule has 4 aromatic rings. The number of rotatable bonds is 8. The van der Waals surface area contributed by atoms with E-state index >= 15 is 0 Å². The number of piperidine rings is 2. The van der Waals surface area contributed by atoms with Crippen LogP contribution >= 0.6 is 11.6 Å². The first-order chi connectivity index (χ1) is 23.5.